The van der Waals surface area contributed by atoms with Gasteiger partial charge in [-0.05, 0) is 31.5 Å². The van der Waals surface area contributed by atoms with Gasteiger partial charge in [0.15, 0.2) is 0 Å². The number of carbonyl (C=O) groups is 1. The minimum Gasteiger partial charge on any atom is -0.325 e. The summed E-state index contributed by atoms with van der Waals surface area (Å²) in [6.45, 7) is 5.21. The second-order valence-corrected chi connectivity index (χ2v) is 6.39. The SMILES string of the molecule is CC(C)N(CCC(=O)Nc1ccccc1C(F)(F)F)Cc1ccccc1. The van der Waals surface area contributed by atoms with Crippen LogP contribution in [0.1, 0.15) is 31.4 Å². The van der Waals surface area contributed by atoms with Crippen molar-refractivity contribution in [3.63, 3.8) is 0 Å². The van der Waals surface area contributed by atoms with E-state index in [0.29, 0.717) is 13.1 Å². The highest BCUT2D eigenvalue weighted by Crippen LogP contribution is 2.34. The molecule has 26 heavy (non-hydrogen) atoms. The highest BCUT2D eigenvalue weighted by atomic mass is 19.4. The first-order chi connectivity index (χ1) is 12.3. The molecule has 3 nitrogen and oxygen atoms in total. The van der Waals surface area contributed by atoms with Crippen LogP contribution in [0.25, 0.3) is 0 Å². The van der Waals surface area contributed by atoms with Crippen LogP contribution in [0.5, 0.6) is 0 Å². The van der Waals surface area contributed by atoms with Crippen LogP contribution in [0.3, 0.4) is 0 Å². The molecule has 2 rings (SSSR count). The van der Waals surface area contributed by atoms with Gasteiger partial charge in [-0.25, -0.2) is 0 Å². The topological polar surface area (TPSA) is 32.3 Å². The van der Waals surface area contributed by atoms with Crippen LogP contribution in [-0.2, 0) is 17.5 Å². The predicted molar refractivity (Wildman–Crippen MR) is 96.7 cm³/mol. The smallest absolute Gasteiger partial charge is 0.325 e. The molecule has 2 aromatic rings. The lowest BCUT2D eigenvalue weighted by molar-refractivity contribution is -0.137. The van der Waals surface area contributed by atoms with Gasteiger partial charge in [0.1, 0.15) is 0 Å². The van der Waals surface area contributed by atoms with E-state index in [9.17, 15) is 18.0 Å². The normalized spacial score (nSPS) is 11.8. The molecule has 0 aliphatic heterocycles. The monoisotopic (exact) mass is 364 g/mol. The molecule has 1 amide bonds. The number of alkyl halides is 3. The summed E-state index contributed by atoms with van der Waals surface area (Å²) in [5.41, 5.74) is 0.0894. The molecular formula is C20H23F3N2O. The number of rotatable bonds is 7. The number of nitrogens with one attached hydrogen (secondary N) is 1. The molecule has 0 spiro atoms. The van der Waals surface area contributed by atoms with Crippen molar-refractivity contribution in [3.05, 3.63) is 65.7 Å². The lowest BCUT2D eigenvalue weighted by atomic mass is 10.1. The number of hydrogen-bond acceptors (Lipinski definition) is 2. The maximum Gasteiger partial charge on any atom is 0.418 e. The van der Waals surface area contributed by atoms with Crippen molar-refractivity contribution in [2.45, 2.75) is 39.0 Å². The lowest BCUT2D eigenvalue weighted by Crippen LogP contribution is -2.33. The van der Waals surface area contributed by atoms with Crippen molar-refractivity contribution in [3.8, 4) is 0 Å². The fraction of sp³-hybridized carbons (Fsp3) is 0.350. The van der Waals surface area contributed by atoms with Crippen LogP contribution in [0.2, 0.25) is 0 Å². The van der Waals surface area contributed by atoms with Crippen molar-refractivity contribution in [2.24, 2.45) is 0 Å². The molecule has 0 aliphatic rings. The minimum absolute atomic E-state index is 0.122. The van der Waals surface area contributed by atoms with E-state index >= 15 is 0 Å². The average molecular weight is 364 g/mol. The van der Waals surface area contributed by atoms with Gasteiger partial charge in [-0.2, -0.15) is 13.2 Å². The van der Waals surface area contributed by atoms with Gasteiger partial charge in [0, 0.05) is 25.6 Å². The zero-order valence-electron chi connectivity index (χ0n) is 14.9. The Bertz CT molecular complexity index is 714. The van der Waals surface area contributed by atoms with Gasteiger partial charge in [0.2, 0.25) is 5.91 Å². The van der Waals surface area contributed by atoms with Crippen molar-refractivity contribution >= 4 is 11.6 Å². The Morgan fingerprint density at radius 3 is 2.27 bits per heavy atom. The van der Waals surface area contributed by atoms with E-state index in [4.69, 9.17) is 0 Å². The van der Waals surface area contributed by atoms with E-state index in [0.717, 1.165) is 11.6 Å². The van der Waals surface area contributed by atoms with Crippen molar-refractivity contribution in [1.29, 1.82) is 0 Å². The number of carbonyl (C=O) groups excluding carboxylic acids is 1. The molecule has 0 fully saturated rings. The van der Waals surface area contributed by atoms with Gasteiger partial charge in [-0.1, -0.05) is 42.5 Å². The Kier molecular flexibility index (Phi) is 6.80. The Labute approximate surface area is 151 Å². The molecule has 0 aromatic heterocycles. The Hall–Kier alpha value is -2.34. The van der Waals surface area contributed by atoms with Gasteiger partial charge in [-0.3, -0.25) is 9.69 Å². The molecule has 0 unspecified atom stereocenters. The van der Waals surface area contributed by atoms with E-state index in [-0.39, 0.29) is 18.2 Å². The summed E-state index contributed by atoms with van der Waals surface area (Å²) >= 11 is 0. The van der Waals surface area contributed by atoms with Crippen molar-refractivity contribution in [2.75, 3.05) is 11.9 Å². The fourth-order valence-corrected chi connectivity index (χ4v) is 2.63. The van der Waals surface area contributed by atoms with E-state index in [2.05, 4.69) is 10.2 Å². The van der Waals surface area contributed by atoms with Crippen molar-refractivity contribution < 1.29 is 18.0 Å². The largest absolute Gasteiger partial charge is 0.418 e. The molecule has 0 radical (unpaired) electrons. The third-order valence-corrected chi connectivity index (χ3v) is 4.09. The number of benzene rings is 2. The quantitative estimate of drug-likeness (QED) is 0.754. The molecule has 6 heteroatoms. The molecule has 0 bridgehead atoms. The Morgan fingerprint density at radius 2 is 1.65 bits per heavy atom. The summed E-state index contributed by atoms with van der Waals surface area (Å²) in [7, 11) is 0. The number of hydrogen-bond donors (Lipinski definition) is 1. The molecule has 0 heterocycles. The average Bonchev–Trinajstić information content (AvgIpc) is 2.58. The Morgan fingerprint density at radius 1 is 1.04 bits per heavy atom. The number of para-hydroxylation sites is 1. The van der Waals surface area contributed by atoms with Crippen LogP contribution < -0.4 is 5.32 Å². The fourth-order valence-electron chi connectivity index (χ4n) is 2.63. The highest BCUT2D eigenvalue weighted by molar-refractivity contribution is 5.91. The van der Waals surface area contributed by atoms with Crippen LogP contribution in [-0.4, -0.2) is 23.4 Å². The minimum atomic E-state index is -4.50. The predicted octanol–water partition coefficient (Wildman–Crippen LogP) is 4.94. The number of amides is 1. The molecule has 0 aliphatic carbocycles. The summed E-state index contributed by atoms with van der Waals surface area (Å²) in [5, 5.41) is 2.39. The van der Waals surface area contributed by atoms with Gasteiger partial charge in [0.05, 0.1) is 11.3 Å². The van der Waals surface area contributed by atoms with Gasteiger partial charge < -0.3 is 5.32 Å². The summed E-state index contributed by atoms with van der Waals surface area (Å²) in [6, 6.07) is 15.1. The van der Waals surface area contributed by atoms with Gasteiger partial charge >= 0.3 is 6.18 Å². The first kappa shape index (κ1) is 20.0. The maximum absolute atomic E-state index is 13.0. The van der Waals surface area contributed by atoms with Gasteiger partial charge in [-0.15, -0.1) is 0 Å². The summed E-state index contributed by atoms with van der Waals surface area (Å²) < 4.78 is 39.0. The first-order valence-electron chi connectivity index (χ1n) is 8.51. The molecule has 0 saturated heterocycles. The van der Waals surface area contributed by atoms with Crippen molar-refractivity contribution in [1.82, 2.24) is 4.90 Å². The molecular weight excluding hydrogens is 341 g/mol. The third kappa shape index (κ3) is 5.88. The standard InChI is InChI=1S/C20H23F3N2O/c1-15(2)25(14-16-8-4-3-5-9-16)13-12-19(26)24-18-11-7-6-10-17(18)20(21,22)23/h3-11,15H,12-14H2,1-2H3,(H,24,26). The highest BCUT2D eigenvalue weighted by Gasteiger charge is 2.33. The second-order valence-electron chi connectivity index (χ2n) is 6.39. The molecule has 0 atom stereocenters. The Balaban J connectivity index is 1.97. The van der Waals surface area contributed by atoms with Crippen LogP contribution in [0.15, 0.2) is 54.6 Å². The second kappa shape index (κ2) is 8.85. The van der Waals surface area contributed by atoms with E-state index in [1.165, 1.54) is 18.2 Å². The number of halogens is 3. The molecule has 0 saturated carbocycles. The lowest BCUT2D eigenvalue weighted by Gasteiger charge is -2.26. The zero-order chi connectivity index (χ0) is 19.2. The van der Waals surface area contributed by atoms with Crippen LogP contribution >= 0.6 is 0 Å². The first-order valence-corrected chi connectivity index (χ1v) is 8.51. The number of anilines is 1. The molecule has 140 valence electrons. The summed E-state index contributed by atoms with van der Waals surface area (Å²) in [5.74, 6) is -0.430. The summed E-state index contributed by atoms with van der Waals surface area (Å²) in [6.07, 6.45) is -4.38. The van der Waals surface area contributed by atoms with Crippen LogP contribution in [0.4, 0.5) is 18.9 Å². The maximum atomic E-state index is 13.0. The van der Waals surface area contributed by atoms with Crippen LogP contribution in [0, 0.1) is 0 Å². The van der Waals surface area contributed by atoms with Gasteiger partial charge in [0.25, 0.3) is 0 Å². The van der Waals surface area contributed by atoms with E-state index in [1.54, 1.807) is 0 Å². The third-order valence-electron chi connectivity index (χ3n) is 4.09. The molecule has 1 N–H and O–H groups in total. The van der Waals surface area contributed by atoms with E-state index in [1.807, 2.05) is 44.2 Å². The zero-order valence-corrected chi connectivity index (χ0v) is 14.9. The summed E-state index contributed by atoms with van der Waals surface area (Å²) in [4.78, 5) is 14.3. The number of nitrogens with zero attached hydrogens (tertiary/aromatic N) is 1. The van der Waals surface area contributed by atoms with E-state index < -0.39 is 17.6 Å². The molecule has 2 aromatic carbocycles.